The van der Waals surface area contributed by atoms with E-state index in [9.17, 15) is 0 Å². The molecular formula is C49H31NO. The molecule has 2 heterocycles. The number of benzene rings is 8. The Morgan fingerprint density at radius 1 is 0.353 bits per heavy atom. The van der Waals surface area contributed by atoms with Gasteiger partial charge in [-0.25, -0.2) is 0 Å². The number of fused-ring (bicyclic) bond motifs is 12. The maximum absolute atomic E-state index is 6.71. The minimum atomic E-state index is -0.533. The zero-order valence-corrected chi connectivity index (χ0v) is 27.8. The quantitative estimate of drug-likeness (QED) is 0.189. The molecule has 0 bridgehead atoms. The first-order valence-corrected chi connectivity index (χ1v) is 17.6. The second-order valence-corrected chi connectivity index (χ2v) is 13.6. The van der Waals surface area contributed by atoms with Gasteiger partial charge in [-0.1, -0.05) is 158 Å². The molecule has 1 aromatic heterocycles. The molecule has 51 heavy (non-hydrogen) atoms. The summed E-state index contributed by atoms with van der Waals surface area (Å²) in [4.78, 5) is 2.44. The molecule has 0 atom stereocenters. The number of nitrogens with zero attached hydrogens (tertiary/aromatic N) is 1. The predicted molar refractivity (Wildman–Crippen MR) is 210 cm³/mol. The van der Waals surface area contributed by atoms with Gasteiger partial charge in [0.25, 0.3) is 0 Å². The molecule has 2 aliphatic rings. The highest BCUT2D eigenvalue weighted by atomic mass is 16.3. The maximum atomic E-state index is 6.71. The summed E-state index contributed by atoms with van der Waals surface area (Å²) < 4.78 is 6.71. The van der Waals surface area contributed by atoms with Crippen molar-refractivity contribution in [3.05, 3.63) is 210 Å². The van der Waals surface area contributed by atoms with Gasteiger partial charge in [0.05, 0.1) is 22.5 Å². The lowest BCUT2D eigenvalue weighted by atomic mass is 9.64. The van der Waals surface area contributed by atoms with Crippen molar-refractivity contribution in [2.24, 2.45) is 0 Å². The summed E-state index contributed by atoms with van der Waals surface area (Å²) in [5.74, 6) is 0. The number of para-hydroxylation sites is 3. The molecule has 0 saturated heterocycles. The van der Waals surface area contributed by atoms with Gasteiger partial charge < -0.3 is 9.32 Å². The maximum Gasteiger partial charge on any atom is 0.159 e. The van der Waals surface area contributed by atoms with E-state index >= 15 is 0 Å². The first-order valence-electron chi connectivity index (χ1n) is 17.6. The molecule has 238 valence electrons. The van der Waals surface area contributed by atoms with Crippen molar-refractivity contribution in [3.8, 4) is 33.4 Å². The molecule has 0 unspecified atom stereocenters. The molecule has 1 spiro atoms. The minimum Gasteiger partial charge on any atom is -0.454 e. The van der Waals surface area contributed by atoms with E-state index in [0.29, 0.717) is 0 Å². The van der Waals surface area contributed by atoms with E-state index in [0.717, 1.165) is 39.0 Å². The molecule has 11 rings (SSSR count). The van der Waals surface area contributed by atoms with Crippen molar-refractivity contribution in [2.45, 2.75) is 5.41 Å². The van der Waals surface area contributed by atoms with Gasteiger partial charge in [-0.3, -0.25) is 0 Å². The molecule has 9 aromatic rings. The topological polar surface area (TPSA) is 16.4 Å². The molecule has 0 N–H and O–H groups in total. The predicted octanol–water partition coefficient (Wildman–Crippen LogP) is 13.1. The summed E-state index contributed by atoms with van der Waals surface area (Å²) >= 11 is 0. The fourth-order valence-electron chi connectivity index (χ4n) is 9.05. The lowest BCUT2D eigenvalue weighted by Gasteiger charge is -2.45. The third-order valence-corrected chi connectivity index (χ3v) is 11.1. The Bertz CT molecular complexity index is 2780. The molecule has 0 saturated carbocycles. The standard InChI is InChI=1S/C49H31NO/c1-2-15-32(16-3-1)34-17-4-5-18-35(34)33-29-30-45-43(31-33)49(40-23-9-6-19-36(40)37-20-7-10-24-41(37)49)42-25-11-12-26-44(42)50(45)46-27-14-22-39-38-21-8-13-28-47(38)51-48(39)46/h1-31H. The first kappa shape index (κ1) is 28.2. The van der Waals surface area contributed by atoms with Crippen LogP contribution in [0.25, 0.3) is 55.3 Å². The van der Waals surface area contributed by atoms with Crippen LogP contribution >= 0.6 is 0 Å². The van der Waals surface area contributed by atoms with Gasteiger partial charge >= 0.3 is 0 Å². The van der Waals surface area contributed by atoms with E-state index in [1.807, 2.05) is 6.07 Å². The van der Waals surface area contributed by atoms with Crippen molar-refractivity contribution >= 4 is 39.0 Å². The number of hydrogen-bond donors (Lipinski definition) is 0. The summed E-state index contributed by atoms with van der Waals surface area (Å²) in [7, 11) is 0. The SMILES string of the molecule is c1ccc(-c2ccccc2-c2ccc3c(c2)C2(c4ccccc4-c4ccccc42)c2ccccc2N3c2cccc3c2oc2ccccc23)cc1. The third-order valence-electron chi connectivity index (χ3n) is 11.1. The first-order chi connectivity index (χ1) is 25.3. The van der Waals surface area contributed by atoms with E-state index < -0.39 is 5.41 Å². The molecule has 1 aliphatic heterocycles. The van der Waals surface area contributed by atoms with Crippen molar-refractivity contribution in [1.82, 2.24) is 0 Å². The van der Waals surface area contributed by atoms with Gasteiger partial charge in [-0.15, -0.1) is 0 Å². The summed E-state index contributed by atoms with van der Waals surface area (Å²) in [6, 6.07) is 68.5. The number of anilines is 3. The highest BCUT2D eigenvalue weighted by Crippen LogP contribution is 2.64. The van der Waals surface area contributed by atoms with Crippen LogP contribution in [-0.2, 0) is 5.41 Å². The molecule has 1 aliphatic carbocycles. The zero-order chi connectivity index (χ0) is 33.5. The number of hydrogen-bond acceptors (Lipinski definition) is 2. The average molecular weight is 650 g/mol. The van der Waals surface area contributed by atoms with Crippen LogP contribution in [0.2, 0.25) is 0 Å². The molecule has 0 amide bonds. The van der Waals surface area contributed by atoms with Crippen molar-refractivity contribution in [3.63, 3.8) is 0 Å². The van der Waals surface area contributed by atoms with Gasteiger partial charge in [-0.2, -0.15) is 0 Å². The molecule has 8 aromatic carbocycles. The highest BCUT2D eigenvalue weighted by Gasteiger charge is 2.52. The lowest BCUT2D eigenvalue weighted by Crippen LogP contribution is -2.36. The van der Waals surface area contributed by atoms with Crippen LogP contribution in [0, 0.1) is 0 Å². The van der Waals surface area contributed by atoms with Gasteiger partial charge in [0.15, 0.2) is 5.58 Å². The van der Waals surface area contributed by atoms with Crippen LogP contribution in [0.5, 0.6) is 0 Å². The highest BCUT2D eigenvalue weighted by molar-refractivity contribution is 6.11. The Balaban J connectivity index is 1.27. The van der Waals surface area contributed by atoms with E-state index in [4.69, 9.17) is 4.42 Å². The largest absolute Gasteiger partial charge is 0.454 e. The van der Waals surface area contributed by atoms with Crippen LogP contribution in [0.15, 0.2) is 192 Å². The summed E-state index contributed by atoms with van der Waals surface area (Å²) in [6.45, 7) is 0. The normalized spacial score (nSPS) is 13.6. The summed E-state index contributed by atoms with van der Waals surface area (Å²) in [6.07, 6.45) is 0. The summed E-state index contributed by atoms with van der Waals surface area (Å²) in [5.41, 5.74) is 17.1. The van der Waals surface area contributed by atoms with Crippen LogP contribution < -0.4 is 4.90 Å². The van der Waals surface area contributed by atoms with Gasteiger partial charge in [-0.05, 0) is 86.0 Å². The van der Waals surface area contributed by atoms with E-state index in [-0.39, 0.29) is 0 Å². The second kappa shape index (κ2) is 10.7. The molecule has 2 heteroatoms. The number of furan rings is 1. The third kappa shape index (κ3) is 3.82. The minimum absolute atomic E-state index is 0.533. The van der Waals surface area contributed by atoms with Crippen molar-refractivity contribution in [2.75, 3.05) is 4.90 Å². The van der Waals surface area contributed by atoms with E-state index in [2.05, 4.69) is 187 Å². The molecule has 0 radical (unpaired) electrons. The summed E-state index contributed by atoms with van der Waals surface area (Å²) in [5, 5.41) is 2.25. The fraction of sp³-hybridized carbons (Fsp3) is 0.0204. The second-order valence-electron chi connectivity index (χ2n) is 13.6. The van der Waals surface area contributed by atoms with Crippen molar-refractivity contribution < 1.29 is 4.42 Å². The molecular weight excluding hydrogens is 619 g/mol. The Morgan fingerprint density at radius 3 is 1.67 bits per heavy atom. The average Bonchev–Trinajstić information content (AvgIpc) is 3.73. The Morgan fingerprint density at radius 2 is 0.902 bits per heavy atom. The van der Waals surface area contributed by atoms with E-state index in [1.165, 1.54) is 55.6 Å². The Hall–Kier alpha value is -6.64. The smallest absolute Gasteiger partial charge is 0.159 e. The van der Waals surface area contributed by atoms with E-state index in [1.54, 1.807) is 0 Å². The fourth-order valence-corrected chi connectivity index (χ4v) is 9.05. The van der Waals surface area contributed by atoms with Crippen LogP contribution in [0.1, 0.15) is 22.3 Å². The molecule has 2 nitrogen and oxygen atoms in total. The van der Waals surface area contributed by atoms with Gasteiger partial charge in [0.1, 0.15) is 5.58 Å². The van der Waals surface area contributed by atoms with Gasteiger partial charge in [0, 0.05) is 10.8 Å². The van der Waals surface area contributed by atoms with Crippen LogP contribution in [0.4, 0.5) is 17.1 Å². The Labute approximate surface area is 296 Å². The monoisotopic (exact) mass is 649 g/mol. The van der Waals surface area contributed by atoms with Crippen LogP contribution in [-0.4, -0.2) is 0 Å². The van der Waals surface area contributed by atoms with Gasteiger partial charge in [0.2, 0.25) is 0 Å². The Kier molecular flexibility index (Phi) is 5.91. The van der Waals surface area contributed by atoms with Crippen molar-refractivity contribution in [1.29, 1.82) is 0 Å². The lowest BCUT2D eigenvalue weighted by molar-refractivity contribution is 0.668. The zero-order valence-electron chi connectivity index (χ0n) is 27.8. The van der Waals surface area contributed by atoms with Crippen LogP contribution in [0.3, 0.4) is 0 Å². The number of rotatable bonds is 3. The molecule has 0 fully saturated rings.